The van der Waals surface area contributed by atoms with E-state index in [9.17, 15) is 0 Å². The summed E-state index contributed by atoms with van der Waals surface area (Å²) in [6.45, 7) is 6.61. The lowest BCUT2D eigenvalue weighted by atomic mass is 10.1. The van der Waals surface area contributed by atoms with Crippen LogP contribution in [0.4, 0.5) is 0 Å². The van der Waals surface area contributed by atoms with E-state index in [2.05, 4.69) is 43.9 Å². The predicted octanol–water partition coefficient (Wildman–Crippen LogP) is 2.27. The lowest BCUT2D eigenvalue weighted by Crippen LogP contribution is -2.43. The van der Waals surface area contributed by atoms with Crippen molar-refractivity contribution in [3.63, 3.8) is 0 Å². The Morgan fingerprint density at radius 1 is 1.19 bits per heavy atom. The Morgan fingerprint density at radius 2 is 1.97 bits per heavy atom. The van der Waals surface area contributed by atoms with E-state index in [0.717, 1.165) is 43.0 Å². The Bertz CT molecular complexity index is 853. The van der Waals surface area contributed by atoms with Crippen LogP contribution in [-0.2, 0) is 18.3 Å². The molecule has 0 spiro atoms. The Kier molecular flexibility index (Phi) is 11.2. The quantitative estimate of drug-likeness (QED) is 0.201. The molecule has 1 saturated heterocycles. The molecule has 32 heavy (non-hydrogen) atoms. The standard InChI is InChI=1S/C22H35N7O2.HI/c1-17-26-27-21(28(17)2)16-25-22(23-10-13-30-3)24-15-20(29-11-5-6-12-29)18-8-7-9-19(14-18)31-4;/h7-9,14,20H,5-6,10-13,15-16H2,1-4H3,(H2,23,24,25);1H. The van der Waals surface area contributed by atoms with Gasteiger partial charge in [0.15, 0.2) is 11.8 Å². The highest BCUT2D eigenvalue weighted by molar-refractivity contribution is 14.0. The molecule has 1 unspecified atom stereocenters. The zero-order chi connectivity index (χ0) is 22.1. The minimum Gasteiger partial charge on any atom is -0.497 e. The number of benzene rings is 1. The Balaban J connectivity index is 0.00000363. The zero-order valence-electron chi connectivity index (χ0n) is 19.5. The minimum atomic E-state index is 0. The second-order valence-electron chi connectivity index (χ2n) is 7.72. The topological polar surface area (TPSA) is 88.8 Å². The van der Waals surface area contributed by atoms with Crippen LogP contribution in [0.2, 0.25) is 0 Å². The van der Waals surface area contributed by atoms with Gasteiger partial charge in [0.05, 0.1) is 19.8 Å². The summed E-state index contributed by atoms with van der Waals surface area (Å²) in [6.07, 6.45) is 2.47. The van der Waals surface area contributed by atoms with Crippen LogP contribution >= 0.6 is 24.0 Å². The van der Waals surface area contributed by atoms with Gasteiger partial charge in [0, 0.05) is 27.2 Å². The monoisotopic (exact) mass is 557 g/mol. The number of ether oxygens (including phenoxy) is 2. The van der Waals surface area contributed by atoms with Crippen LogP contribution in [-0.4, -0.2) is 72.6 Å². The summed E-state index contributed by atoms with van der Waals surface area (Å²) in [4.78, 5) is 7.27. The van der Waals surface area contributed by atoms with Gasteiger partial charge in [-0.25, -0.2) is 4.99 Å². The first-order chi connectivity index (χ1) is 15.1. The number of hydrogen-bond acceptors (Lipinski definition) is 6. The van der Waals surface area contributed by atoms with Crippen LogP contribution in [0, 0.1) is 6.92 Å². The summed E-state index contributed by atoms with van der Waals surface area (Å²) < 4.78 is 12.6. The average molecular weight is 557 g/mol. The van der Waals surface area contributed by atoms with Crippen LogP contribution in [0.3, 0.4) is 0 Å². The highest BCUT2D eigenvalue weighted by atomic mass is 127. The van der Waals surface area contributed by atoms with Gasteiger partial charge in [-0.2, -0.15) is 0 Å². The fraction of sp³-hybridized carbons (Fsp3) is 0.591. The van der Waals surface area contributed by atoms with Crippen molar-refractivity contribution in [1.29, 1.82) is 0 Å². The minimum absolute atomic E-state index is 0. The van der Waals surface area contributed by atoms with Crippen molar-refractivity contribution in [1.82, 2.24) is 30.3 Å². The van der Waals surface area contributed by atoms with E-state index in [1.165, 1.54) is 18.4 Å². The largest absolute Gasteiger partial charge is 0.497 e. The maximum absolute atomic E-state index is 5.46. The van der Waals surface area contributed by atoms with Crippen LogP contribution in [0.15, 0.2) is 29.3 Å². The number of aromatic nitrogens is 3. The molecule has 9 nitrogen and oxygen atoms in total. The van der Waals surface area contributed by atoms with Gasteiger partial charge in [-0.1, -0.05) is 12.1 Å². The van der Waals surface area contributed by atoms with Crippen molar-refractivity contribution < 1.29 is 9.47 Å². The molecule has 0 aliphatic carbocycles. The molecule has 1 atom stereocenters. The van der Waals surface area contributed by atoms with Crippen molar-refractivity contribution in [2.24, 2.45) is 12.0 Å². The molecule has 0 bridgehead atoms. The van der Waals surface area contributed by atoms with Gasteiger partial charge in [-0.3, -0.25) is 4.90 Å². The van der Waals surface area contributed by atoms with Gasteiger partial charge in [0.25, 0.3) is 0 Å². The molecule has 1 aliphatic heterocycles. The SMILES string of the molecule is COCCNC(=NCc1nnc(C)n1C)NCC(c1cccc(OC)c1)N1CCCC1.I. The van der Waals surface area contributed by atoms with Gasteiger partial charge in [-0.05, 0) is 50.6 Å². The smallest absolute Gasteiger partial charge is 0.191 e. The number of aliphatic imine (C=N–C) groups is 1. The van der Waals surface area contributed by atoms with E-state index in [1.54, 1.807) is 14.2 Å². The number of hydrogen-bond donors (Lipinski definition) is 2. The number of likely N-dealkylation sites (tertiary alicyclic amines) is 1. The number of aryl methyl sites for hydroxylation is 1. The van der Waals surface area contributed by atoms with Crippen LogP contribution in [0.25, 0.3) is 0 Å². The second-order valence-corrected chi connectivity index (χ2v) is 7.72. The van der Waals surface area contributed by atoms with E-state index in [-0.39, 0.29) is 30.0 Å². The molecule has 1 aliphatic rings. The summed E-state index contributed by atoms with van der Waals surface area (Å²) in [6, 6.07) is 8.58. The molecule has 2 heterocycles. The number of methoxy groups -OCH3 is 2. The highest BCUT2D eigenvalue weighted by Crippen LogP contribution is 2.27. The molecule has 1 aromatic carbocycles. The van der Waals surface area contributed by atoms with Gasteiger partial charge < -0.3 is 24.7 Å². The molecular formula is C22H36IN7O2. The van der Waals surface area contributed by atoms with E-state index in [4.69, 9.17) is 14.5 Å². The number of nitrogens with zero attached hydrogens (tertiary/aromatic N) is 5. The molecule has 178 valence electrons. The summed E-state index contributed by atoms with van der Waals surface area (Å²) in [7, 11) is 5.36. The Labute approximate surface area is 208 Å². The van der Waals surface area contributed by atoms with Crippen LogP contribution in [0.1, 0.15) is 36.1 Å². The molecule has 2 aromatic rings. The third-order valence-electron chi connectivity index (χ3n) is 5.68. The summed E-state index contributed by atoms with van der Waals surface area (Å²) in [5.74, 6) is 3.32. The number of nitrogens with one attached hydrogen (secondary N) is 2. The molecular weight excluding hydrogens is 521 g/mol. The van der Waals surface area contributed by atoms with Crippen molar-refractivity contribution >= 4 is 29.9 Å². The lowest BCUT2D eigenvalue weighted by Gasteiger charge is -2.29. The Hall–Kier alpha value is -1.92. The van der Waals surface area contributed by atoms with E-state index in [1.807, 2.05) is 24.6 Å². The molecule has 0 saturated carbocycles. The summed E-state index contributed by atoms with van der Waals surface area (Å²) >= 11 is 0. The molecule has 0 radical (unpaired) electrons. The maximum Gasteiger partial charge on any atom is 0.191 e. The van der Waals surface area contributed by atoms with E-state index >= 15 is 0 Å². The molecule has 2 N–H and O–H groups in total. The summed E-state index contributed by atoms with van der Waals surface area (Å²) in [5, 5.41) is 15.2. The predicted molar refractivity (Wildman–Crippen MR) is 137 cm³/mol. The fourth-order valence-corrected chi connectivity index (χ4v) is 3.74. The molecule has 1 fully saturated rings. The third-order valence-corrected chi connectivity index (χ3v) is 5.68. The first-order valence-electron chi connectivity index (χ1n) is 10.9. The molecule has 0 amide bonds. The number of rotatable bonds is 10. The Morgan fingerprint density at radius 3 is 2.62 bits per heavy atom. The van der Waals surface area contributed by atoms with Gasteiger partial charge in [0.1, 0.15) is 18.1 Å². The van der Waals surface area contributed by atoms with Crippen LogP contribution in [0.5, 0.6) is 5.75 Å². The van der Waals surface area contributed by atoms with E-state index < -0.39 is 0 Å². The van der Waals surface area contributed by atoms with Crippen molar-refractivity contribution in [3.8, 4) is 5.75 Å². The number of halogens is 1. The highest BCUT2D eigenvalue weighted by Gasteiger charge is 2.24. The van der Waals surface area contributed by atoms with Gasteiger partial charge in [0.2, 0.25) is 0 Å². The maximum atomic E-state index is 5.46. The van der Waals surface area contributed by atoms with Crippen molar-refractivity contribution in [2.45, 2.75) is 32.4 Å². The van der Waals surface area contributed by atoms with Crippen molar-refractivity contribution in [3.05, 3.63) is 41.5 Å². The van der Waals surface area contributed by atoms with Gasteiger partial charge >= 0.3 is 0 Å². The number of guanidine groups is 1. The van der Waals surface area contributed by atoms with Crippen LogP contribution < -0.4 is 15.4 Å². The van der Waals surface area contributed by atoms with Gasteiger partial charge in [-0.15, -0.1) is 34.2 Å². The fourth-order valence-electron chi connectivity index (χ4n) is 3.74. The third kappa shape index (κ3) is 7.31. The molecule has 1 aromatic heterocycles. The zero-order valence-corrected chi connectivity index (χ0v) is 21.8. The first kappa shape index (κ1) is 26.3. The van der Waals surface area contributed by atoms with E-state index in [0.29, 0.717) is 19.7 Å². The second kappa shape index (κ2) is 13.6. The average Bonchev–Trinajstić information content (AvgIpc) is 3.43. The normalized spacial score (nSPS) is 15.3. The molecule has 10 heteroatoms. The van der Waals surface area contributed by atoms with Crippen molar-refractivity contribution in [2.75, 3.05) is 47.0 Å². The first-order valence-corrected chi connectivity index (χ1v) is 10.9. The lowest BCUT2D eigenvalue weighted by molar-refractivity contribution is 0.203. The summed E-state index contributed by atoms with van der Waals surface area (Å²) in [5.41, 5.74) is 1.24. The molecule has 3 rings (SSSR count).